The lowest BCUT2D eigenvalue weighted by Gasteiger charge is -2.31. The van der Waals surface area contributed by atoms with Crippen molar-refractivity contribution >= 4 is 23.9 Å². The van der Waals surface area contributed by atoms with E-state index in [-0.39, 0.29) is 37.9 Å². The number of carbonyl (C=O) groups excluding carboxylic acids is 3. The number of aliphatic hydroxyl groups is 1. The molecule has 6 atom stereocenters. The molecule has 2 aromatic rings. The molecule has 3 fully saturated rings. The molecular weight excluding hydrogens is 672 g/mol. The van der Waals surface area contributed by atoms with E-state index < -0.39 is 30.1 Å². The lowest BCUT2D eigenvalue weighted by molar-refractivity contribution is -0.190. The van der Waals surface area contributed by atoms with Crippen LogP contribution >= 0.6 is 0 Å². The van der Waals surface area contributed by atoms with E-state index in [1.54, 1.807) is 24.3 Å². The molecule has 2 aromatic carbocycles. The molecule has 6 rings (SSSR count). The van der Waals surface area contributed by atoms with Crippen molar-refractivity contribution in [2.75, 3.05) is 13.2 Å². The van der Waals surface area contributed by atoms with Crippen molar-refractivity contribution in [3.05, 3.63) is 88.5 Å². The largest absolute Gasteiger partial charge is 0.456 e. The molecule has 10 nitrogen and oxygen atoms in total. The van der Waals surface area contributed by atoms with Crippen LogP contribution in [0.2, 0.25) is 0 Å². The predicted molar refractivity (Wildman–Crippen MR) is 202 cm³/mol. The SMILES string of the molecule is CCCCCC1(CCCCC)O[C@@H]2[C@@H](C=C(C(=O)NCc3cccc(C(=O)NCCO)c3)C[C@H]2OC(=O)c2cccc(C=CC3CCC4OC4C3)c2)O1. The summed E-state index contributed by atoms with van der Waals surface area (Å²) in [5.41, 5.74) is 3.03. The molecule has 2 heterocycles. The van der Waals surface area contributed by atoms with Gasteiger partial charge in [-0.1, -0.05) is 75.9 Å². The van der Waals surface area contributed by atoms with Gasteiger partial charge in [-0.15, -0.1) is 0 Å². The smallest absolute Gasteiger partial charge is 0.338 e. The minimum atomic E-state index is -0.806. The highest BCUT2D eigenvalue weighted by molar-refractivity contribution is 5.95. The van der Waals surface area contributed by atoms with E-state index in [1.165, 1.54) is 0 Å². The normalized spacial score (nSPS) is 25.6. The van der Waals surface area contributed by atoms with E-state index >= 15 is 0 Å². The fraction of sp³-hybridized carbons (Fsp3) is 0.558. The summed E-state index contributed by atoms with van der Waals surface area (Å²) in [6.07, 6.45) is 16.3. The number of benzene rings is 2. The maximum absolute atomic E-state index is 13.8. The lowest BCUT2D eigenvalue weighted by atomic mass is 9.88. The van der Waals surface area contributed by atoms with Crippen molar-refractivity contribution in [3.63, 3.8) is 0 Å². The number of carbonyl (C=O) groups is 3. The van der Waals surface area contributed by atoms with Gasteiger partial charge in [-0.25, -0.2) is 4.79 Å². The first-order valence-corrected chi connectivity index (χ1v) is 19.8. The predicted octanol–water partition coefficient (Wildman–Crippen LogP) is 6.80. The van der Waals surface area contributed by atoms with Crippen LogP contribution in [0.15, 0.2) is 66.3 Å². The van der Waals surface area contributed by atoms with Crippen molar-refractivity contribution in [2.24, 2.45) is 5.92 Å². The van der Waals surface area contributed by atoms with Crippen molar-refractivity contribution in [1.82, 2.24) is 10.6 Å². The van der Waals surface area contributed by atoms with Gasteiger partial charge in [0, 0.05) is 43.5 Å². The first-order chi connectivity index (χ1) is 25.8. The molecule has 2 aliphatic heterocycles. The van der Waals surface area contributed by atoms with Crippen LogP contribution in [0.4, 0.5) is 0 Å². The van der Waals surface area contributed by atoms with Crippen LogP contribution in [0.3, 0.4) is 0 Å². The molecule has 0 aromatic heterocycles. The van der Waals surface area contributed by atoms with E-state index in [0.717, 1.165) is 81.8 Å². The monoisotopic (exact) mass is 728 g/mol. The zero-order valence-corrected chi connectivity index (χ0v) is 31.2. The molecule has 4 aliphatic rings. The second kappa shape index (κ2) is 18.5. The summed E-state index contributed by atoms with van der Waals surface area (Å²) in [7, 11) is 0. The number of rotatable bonds is 18. The molecule has 53 heavy (non-hydrogen) atoms. The molecule has 2 aliphatic carbocycles. The highest BCUT2D eigenvalue weighted by atomic mass is 16.8. The van der Waals surface area contributed by atoms with Gasteiger partial charge in [0.1, 0.15) is 18.3 Å². The second-order valence-corrected chi connectivity index (χ2v) is 15.0. The lowest BCUT2D eigenvalue weighted by Crippen LogP contribution is -2.43. The summed E-state index contributed by atoms with van der Waals surface area (Å²) in [5.74, 6) is -1.39. The third-order valence-corrected chi connectivity index (χ3v) is 10.8. The Kier molecular flexibility index (Phi) is 13.6. The molecule has 3 unspecified atom stereocenters. The Hall–Kier alpha value is -3.83. The summed E-state index contributed by atoms with van der Waals surface area (Å²) >= 11 is 0. The highest BCUT2D eigenvalue weighted by Gasteiger charge is 2.52. The number of unbranched alkanes of at least 4 members (excludes halogenated alkanes) is 4. The summed E-state index contributed by atoms with van der Waals surface area (Å²) < 4.78 is 25.5. The Balaban J connectivity index is 1.17. The molecule has 2 saturated heterocycles. The maximum atomic E-state index is 13.8. The summed E-state index contributed by atoms with van der Waals surface area (Å²) in [6, 6.07) is 14.5. The van der Waals surface area contributed by atoms with Crippen LogP contribution in [0, 0.1) is 5.92 Å². The van der Waals surface area contributed by atoms with Gasteiger partial charge in [0.05, 0.1) is 24.4 Å². The third-order valence-electron chi connectivity index (χ3n) is 10.8. The minimum absolute atomic E-state index is 0.149. The van der Waals surface area contributed by atoms with Gasteiger partial charge >= 0.3 is 5.97 Å². The van der Waals surface area contributed by atoms with Crippen LogP contribution in [-0.2, 0) is 30.3 Å². The molecule has 1 saturated carbocycles. The standard InChI is InChI=1S/C43H56N2O8/c1-3-5-7-19-43(20-8-6-4-2)52-38-27-34(41(48)45-28-31-12-10-13-32(24-31)40(47)44-21-22-46)26-37(39(38)53-43)51-42(49)33-14-9-11-29(23-33)15-16-30-17-18-35-36(25-30)50-35/h9-16,23-24,27,30,35-39,46H,3-8,17-22,25-26,28H2,1-2H3,(H,44,47)(H,45,48)/t30?,35?,36?,37-,38-,39+/m1/s1. The minimum Gasteiger partial charge on any atom is -0.456 e. The number of esters is 1. The number of epoxide rings is 1. The maximum Gasteiger partial charge on any atom is 0.338 e. The summed E-state index contributed by atoms with van der Waals surface area (Å²) in [6.45, 7) is 4.54. The third kappa shape index (κ3) is 10.4. The van der Waals surface area contributed by atoms with Crippen molar-refractivity contribution in [1.29, 1.82) is 0 Å². The number of allylic oxidation sites excluding steroid dienone is 1. The highest BCUT2D eigenvalue weighted by Crippen LogP contribution is 2.43. The van der Waals surface area contributed by atoms with E-state index in [4.69, 9.17) is 24.1 Å². The number of hydrogen-bond donors (Lipinski definition) is 3. The van der Waals surface area contributed by atoms with Crippen molar-refractivity contribution < 1.29 is 38.4 Å². The average molecular weight is 729 g/mol. The first kappa shape index (κ1) is 38.9. The van der Waals surface area contributed by atoms with Crippen LogP contribution in [0.5, 0.6) is 0 Å². The molecular formula is C43H56N2O8. The number of amides is 2. The van der Waals surface area contributed by atoms with Gasteiger partial charge in [-0.05, 0) is 79.5 Å². The Labute approximate surface area is 313 Å². The number of aliphatic hydroxyl groups excluding tert-OH is 1. The Morgan fingerprint density at radius 2 is 1.68 bits per heavy atom. The van der Waals surface area contributed by atoms with Gasteiger partial charge < -0.3 is 34.7 Å². The fourth-order valence-corrected chi connectivity index (χ4v) is 7.82. The number of hydrogen-bond acceptors (Lipinski definition) is 8. The molecule has 0 radical (unpaired) electrons. The number of nitrogens with one attached hydrogen (secondary N) is 2. The zero-order valence-electron chi connectivity index (χ0n) is 31.2. The summed E-state index contributed by atoms with van der Waals surface area (Å²) in [4.78, 5) is 40.0. The molecule has 2 amide bonds. The summed E-state index contributed by atoms with van der Waals surface area (Å²) in [5, 5.41) is 14.7. The van der Waals surface area contributed by atoms with Gasteiger partial charge in [0.15, 0.2) is 5.79 Å². The Morgan fingerprint density at radius 3 is 2.43 bits per heavy atom. The molecule has 0 spiro atoms. The van der Waals surface area contributed by atoms with Crippen LogP contribution in [0.1, 0.15) is 123 Å². The van der Waals surface area contributed by atoms with E-state index in [2.05, 4.69) is 36.6 Å². The molecule has 3 N–H and O–H groups in total. The quantitative estimate of drug-likeness (QED) is 0.0867. The van der Waals surface area contributed by atoms with Gasteiger partial charge in [0.2, 0.25) is 5.91 Å². The van der Waals surface area contributed by atoms with E-state index in [0.29, 0.717) is 34.8 Å². The van der Waals surface area contributed by atoms with E-state index in [9.17, 15) is 14.4 Å². The topological polar surface area (TPSA) is 136 Å². The molecule has 286 valence electrons. The Bertz CT molecular complexity index is 1630. The number of ether oxygens (including phenoxy) is 4. The molecule has 10 heteroatoms. The van der Waals surface area contributed by atoms with E-state index in [1.807, 2.05) is 30.3 Å². The average Bonchev–Trinajstić information content (AvgIpc) is 3.86. The zero-order chi connectivity index (χ0) is 37.2. The van der Waals surface area contributed by atoms with Crippen molar-refractivity contribution in [2.45, 2.75) is 134 Å². The first-order valence-electron chi connectivity index (χ1n) is 19.8. The van der Waals surface area contributed by atoms with Crippen LogP contribution in [0.25, 0.3) is 6.08 Å². The van der Waals surface area contributed by atoms with Gasteiger partial charge in [-0.3, -0.25) is 9.59 Å². The van der Waals surface area contributed by atoms with Crippen LogP contribution in [-0.4, -0.2) is 72.3 Å². The second-order valence-electron chi connectivity index (χ2n) is 15.0. The molecule has 0 bridgehead atoms. The van der Waals surface area contributed by atoms with Gasteiger partial charge in [-0.2, -0.15) is 0 Å². The van der Waals surface area contributed by atoms with Crippen LogP contribution < -0.4 is 10.6 Å². The fourth-order valence-electron chi connectivity index (χ4n) is 7.82. The number of fused-ring (bicyclic) bond motifs is 2. The van der Waals surface area contributed by atoms with Gasteiger partial charge in [0.25, 0.3) is 5.91 Å². The van der Waals surface area contributed by atoms with Crippen molar-refractivity contribution in [3.8, 4) is 0 Å². The Morgan fingerprint density at radius 1 is 0.906 bits per heavy atom.